The Kier molecular flexibility index (Phi) is 5.20. The Morgan fingerprint density at radius 1 is 1.32 bits per heavy atom. The molecule has 0 spiro atoms. The molecule has 6 heteroatoms. The molecule has 0 saturated carbocycles. The molecule has 0 aromatic heterocycles. The maximum Gasteiger partial charge on any atom is 0.240 e. The smallest absolute Gasteiger partial charge is 0.240 e. The zero-order valence-electron chi connectivity index (χ0n) is 11.8. The van der Waals surface area contributed by atoms with E-state index in [1.807, 2.05) is 6.92 Å². The average molecular weight is 286 g/mol. The van der Waals surface area contributed by atoms with Crippen molar-refractivity contribution in [2.24, 2.45) is 11.8 Å². The van der Waals surface area contributed by atoms with Gasteiger partial charge in [-0.3, -0.25) is 0 Å². The molecule has 0 aliphatic heterocycles. The summed E-state index contributed by atoms with van der Waals surface area (Å²) in [4.78, 5) is 0.154. The molecule has 0 amide bonds. The van der Waals surface area contributed by atoms with Gasteiger partial charge in [0.2, 0.25) is 10.0 Å². The van der Waals surface area contributed by atoms with Gasteiger partial charge in [0.15, 0.2) is 0 Å². The minimum absolute atomic E-state index is 0.154. The number of ether oxygens (including phenoxy) is 1. The van der Waals surface area contributed by atoms with Gasteiger partial charge in [-0.2, -0.15) is 0 Å². The van der Waals surface area contributed by atoms with Crippen LogP contribution in [0.1, 0.15) is 20.8 Å². The monoisotopic (exact) mass is 286 g/mol. The van der Waals surface area contributed by atoms with Crippen molar-refractivity contribution in [3.63, 3.8) is 0 Å². The molecule has 1 atom stereocenters. The van der Waals surface area contributed by atoms with E-state index in [2.05, 4.69) is 18.6 Å². The molecule has 3 N–H and O–H groups in total. The number of nitrogens with two attached hydrogens (primary N) is 1. The second-order valence-electron chi connectivity index (χ2n) is 4.98. The maximum atomic E-state index is 12.1. The highest BCUT2D eigenvalue weighted by molar-refractivity contribution is 7.89. The summed E-state index contributed by atoms with van der Waals surface area (Å²) >= 11 is 0. The summed E-state index contributed by atoms with van der Waals surface area (Å²) in [6.45, 7) is 6.54. The lowest BCUT2D eigenvalue weighted by Crippen LogP contribution is -2.30. The molecular weight excluding hydrogens is 264 g/mol. The molecule has 19 heavy (non-hydrogen) atoms. The highest BCUT2D eigenvalue weighted by Crippen LogP contribution is 2.24. The highest BCUT2D eigenvalue weighted by atomic mass is 32.2. The molecule has 1 unspecified atom stereocenters. The van der Waals surface area contributed by atoms with Gasteiger partial charge in [-0.15, -0.1) is 0 Å². The zero-order chi connectivity index (χ0) is 14.6. The Morgan fingerprint density at radius 2 is 1.95 bits per heavy atom. The zero-order valence-corrected chi connectivity index (χ0v) is 12.6. The maximum absolute atomic E-state index is 12.1. The summed E-state index contributed by atoms with van der Waals surface area (Å²) in [6, 6.07) is 4.44. The number of sulfonamides is 1. The molecule has 108 valence electrons. The number of rotatable bonds is 6. The second-order valence-corrected chi connectivity index (χ2v) is 6.74. The van der Waals surface area contributed by atoms with E-state index >= 15 is 0 Å². The van der Waals surface area contributed by atoms with Gasteiger partial charge in [-0.05, 0) is 30.0 Å². The van der Waals surface area contributed by atoms with Crippen LogP contribution < -0.4 is 15.2 Å². The first-order chi connectivity index (χ1) is 8.77. The first-order valence-electron chi connectivity index (χ1n) is 6.21. The van der Waals surface area contributed by atoms with E-state index in [9.17, 15) is 8.42 Å². The van der Waals surface area contributed by atoms with Gasteiger partial charge in [0.25, 0.3) is 0 Å². The summed E-state index contributed by atoms with van der Waals surface area (Å²) in [5.41, 5.74) is 6.02. The number of methoxy groups -OCH3 is 1. The molecule has 0 aliphatic carbocycles. The van der Waals surface area contributed by atoms with Crippen LogP contribution in [0, 0.1) is 11.8 Å². The molecule has 0 heterocycles. The summed E-state index contributed by atoms with van der Waals surface area (Å²) in [5, 5.41) is 0. The number of nitrogens with one attached hydrogen (secondary N) is 1. The summed E-state index contributed by atoms with van der Waals surface area (Å²) in [7, 11) is -2.03. The largest absolute Gasteiger partial charge is 0.495 e. The van der Waals surface area contributed by atoms with Gasteiger partial charge in [0.1, 0.15) is 5.75 Å². The average Bonchev–Trinajstić information content (AvgIpc) is 2.35. The minimum atomic E-state index is -3.52. The molecular formula is C13H22N2O3S. The standard InChI is InChI=1S/C13H22N2O3S/c1-9(2)10(3)8-15-19(16,17)11-5-6-13(18-4)12(14)7-11/h5-7,9-10,15H,8,14H2,1-4H3. The molecule has 1 rings (SSSR count). The van der Waals surface area contributed by atoms with Crippen molar-refractivity contribution in [3.8, 4) is 5.75 Å². The topological polar surface area (TPSA) is 81.4 Å². The lowest BCUT2D eigenvalue weighted by Gasteiger charge is -2.16. The number of hydrogen-bond acceptors (Lipinski definition) is 4. The van der Waals surface area contributed by atoms with Crippen LogP contribution in [0.5, 0.6) is 5.75 Å². The Morgan fingerprint density at radius 3 is 2.42 bits per heavy atom. The number of hydrogen-bond donors (Lipinski definition) is 2. The van der Waals surface area contributed by atoms with E-state index in [1.54, 1.807) is 6.07 Å². The predicted octanol–water partition coefficient (Wildman–Crippen LogP) is 1.85. The normalized spacial score (nSPS) is 13.5. The van der Waals surface area contributed by atoms with Crippen molar-refractivity contribution in [1.29, 1.82) is 0 Å². The van der Waals surface area contributed by atoms with Crippen LogP contribution >= 0.6 is 0 Å². The summed E-state index contributed by atoms with van der Waals surface area (Å²) in [5.74, 6) is 1.16. The first kappa shape index (κ1) is 15.8. The molecule has 0 aliphatic rings. The molecule has 5 nitrogen and oxygen atoms in total. The molecule has 1 aromatic carbocycles. The van der Waals surface area contributed by atoms with Crippen LogP contribution in [-0.2, 0) is 10.0 Å². The molecule has 1 aromatic rings. The minimum Gasteiger partial charge on any atom is -0.495 e. The highest BCUT2D eigenvalue weighted by Gasteiger charge is 2.17. The summed E-state index contributed by atoms with van der Waals surface area (Å²) in [6.07, 6.45) is 0. The van der Waals surface area contributed by atoms with Gasteiger partial charge < -0.3 is 10.5 Å². The van der Waals surface area contributed by atoms with Gasteiger partial charge in [-0.25, -0.2) is 13.1 Å². The fourth-order valence-electron chi connectivity index (χ4n) is 1.44. The molecule has 0 radical (unpaired) electrons. The van der Waals surface area contributed by atoms with Gasteiger partial charge >= 0.3 is 0 Å². The molecule has 0 fully saturated rings. The summed E-state index contributed by atoms with van der Waals surface area (Å²) < 4.78 is 31.8. The Labute approximate surface area is 115 Å². The predicted molar refractivity (Wildman–Crippen MR) is 76.6 cm³/mol. The first-order valence-corrected chi connectivity index (χ1v) is 7.69. The molecule has 0 saturated heterocycles. The van der Waals surface area contributed by atoms with Crippen LogP contribution in [0.4, 0.5) is 5.69 Å². The van der Waals surface area contributed by atoms with Gasteiger partial charge in [0.05, 0.1) is 17.7 Å². The Balaban J connectivity index is 2.86. The number of nitrogen functional groups attached to an aromatic ring is 1. The Bertz CT molecular complexity index is 527. The molecule has 0 bridgehead atoms. The second kappa shape index (κ2) is 6.25. The van der Waals surface area contributed by atoms with E-state index in [1.165, 1.54) is 19.2 Å². The number of benzene rings is 1. The fraction of sp³-hybridized carbons (Fsp3) is 0.538. The van der Waals surface area contributed by atoms with Crippen molar-refractivity contribution < 1.29 is 13.2 Å². The van der Waals surface area contributed by atoms with Crippen LogP contribution in [0.15, 0.2) is 23.1 Å². The van der Waals surface area contributed by atoms with Crippen molar-refractivity contribution in [3.05, 3.63) is 18.2 Å². The lowest BCUT2D eigenvalue weighted by atomic mass is 9.99. The SMILES string of the molecule is COc1ccc(S(=O)(=O)NCC(C)C(C)C)cc1N. The van der Waals surface area contributed by atoms with Gasteiger partial charge in [0, 0.05) is 6.54 Å². The van der Waals surface area contributed by atoms with E-state index in [0.29, 0.717) is 23.9 Å². The van der Waals surface area contributed by atoms with E-state index < -0.39 is 10.0 Å². The van der Waals surface area contributed by atoms with Crippen LogP contribution in [-0.4, -0.2) is 22.1 Å². The van der Waals surface area contributed by atoms with Crippen molar-refractivity contribution in [2.45, 2.75) is 25.7 Å². The quantitative estimate of drug-likeness (QED) is 0.782. The fourth-order valence-corrected chi connectivity index (χ4v) is 2.62. The van der Waals surface area contributed by atoms with E-state index in [-0.39, 0.29) is 10.8 Å². The lowest BCUT2D eigenvalue weighted by molar-refractivity contribution is 0.414. The van der Waals surface area contributed by atoms with E-state index in [0.717, 1.165) is 0 Å². The van der Waals surface area contributed by atoms with Gasteiger partial charge in [-0.1, -0.05) is 20.8 Å². The third-order valence-electron chi connectivity index (χ3n) is 3.24. The third kappa shape index (κ3) is 4.11. The van der Waals surface area contributed by atoms with Crippen LogP contribution in [0.25, 0.3) is 0 Å². The third-order valence-corrected chi connectivity index (χ3v) is 4.67. The Hall–Kier alpha value is -1.27. The van der Waals surface area contributed by atoms with Crippen molar-refractivity contribution in [1.82, 2.24) is 4.72 Å². The van der Waals surface area contributed by atoms with Crippen molar-refractivity contribution in [2.75, 3.05) is 19.4 Å². The van der Waals surface area contributed by atoms with Crippen molar-refractivity contribution >= 4 is 15.7 Å². The van der Waals surface area contributed by atoms with Crippen LogP contribution in [0.3, 0.4) is 0 Å². The van der Waals surface area contributed by atoms with Crippen LogP contribution in [0.2, 0.25) is 0 Å². The number of anilines is 1. The van der Waals surface area contributed by atoms with E-state index in [4.69, 9.17) is 10.5 Å².